The van der Waals surface area contributed by atoms with Gasteiger partial charge in [-0.3, -0.25) is 9.59 Å². The molecule has 10 atom stereocenters. The van der Waals surface area contributed by atoms with Crippen molar-refractivity contribution in [1.82, 2.24) is 0 Å². The van der Waals surface area contributed by atoms with Gasteiger partial charge in [0.2, 0.25) is 0 Å². The van der Waals surface area contributed by atoms with Crippen molar-refractivity contribution in [2.24, 2.45) is 50.7 Å². The topological polar surface area (TPSA) is 94.8 Å². The lowest BCUT2D eigenvalue weighted by molar-refractivity contribution is -0.215. The number of rotatable bonds is 1. The summed E-state index contributed by atoms with van der Waals surface area (Å²) >= 11 is 0. The minimum Gasteiger partial charge on any atom is -0.481 e. The van der Waals surface area contributed by atoms with Gasteiger partial charge in [-0.25, -0.2) is 0 Å². The molecule has 0 bridgehead atoms. The van der Waals surface area contributed by atoms with E-state index in [4.69, 9.17) is 0 Å². The van der Waals surface area contributed by atoms with Gasteiger partial charge in [-0.1, -0.05) is 53.2 Å². The Hall–Kier alpha value is -1.20. The van der Waals surface area contributed by atoms with Crippen LogP contribution >= 0.6 is 0 Å². The minimum absolute atomic E-state index is 0.0319. The molecule has 0 saturated heterocycles. The molecular weight excluding hydrogens is 440 g/mol. The summed E-state index contributed by atoms with van der Waals surface area (Å²) in [6.45, 7) is 15.1. The molecular formula is C30H46O5. The smallest absolute Gasteiger partial charge is 0.310 e. The SMILES string of the molecule is C[C@@H]1CC[C@@]2(C(=O)O)CC[C@]3(C)C(=CC[C@H]4[C@@]5(C)CC(=O)[C@H](O)C(C)(C)[C@@H]5CC[C@@]43C)[C@@H]2[C@@]1(C)O. The molecule has 0 heterocycles. The summed E-state index contributed by atoms with van der Waals surface area (Å²) < 4.78 is 0. The zero-order valence-electron chi connectivity index (χ0n) is 22.8. The van der Waals surface area contributed by atoms with E-state index in [0.29, 0.717) is 19.3 Å². The maximum Gasteiger partial charge on any atom is 0.310 e. The van der Waals surface area contributed by atoms with Crippen LogP contribution in [0.1, 0.15) is 99.8 Å². The molecule has 5 heteroatoms. The second kappa shape index (κ2) is 7.22. The third kappa shape index (κ3) is 2.83. The average molecular weight is 487 g/mol. The molecule has 5 aliphatic carbocycles. The van der Waals surface area contributed by atoms with E-state index in [9.17, 15) is 24.9 Å². The molecule has 0 radical (unpaired) electrons. The minimum atomic E-state index is -1.07. The van der Waals surface area contributed by atoms with Crippen molar-refractivity contribution in [2.75, 3.05) is 0 Å². The molecule has 0 aromatic rings. The van der Waals surface area contributed by atoms with Gasteiger partial charge < -0.3 is 15.3 Å². The van der Waals surface area contributed by atoms with Crippen LogP contribution in [0.25, 0.3) is 0 Å². The van der Waals surface area contributed by atoms with Gasteiger partial charge >= 0.3 is 5.97 Å². The molecule has 5 aliphatic rings. The highest BCUT2D eigenvalue weighted by Crippen LogP contribution is 2.75. The summed E-state index contributed by atoms with van der Waals surface area (Å²) in [6.07, 6.45) is 7.35. The van der Waals surface area contributed by atoms with Gasteiger partial charge in [-0.2, -0.15) is 0 Å². The van der Waals surface area contributed by atoms with Gasteiger partial charge in [-0.05, 0) is 85.9 Å². The predicted molar refractivity (Wildman–Crippen MR) is 134 cm³/mol. The molecule has 5 nitrogen and oxygen atoms in total. The van der Waals surface area contributed by atoms with Gasteiger partial charge in [0.25, 0.3) is 0 Å². The number of carbonyl (C=O) groups excluding carboxylic acids is 1. The fourth-order valence-electron chi connectivity index (χ4n) is 10.8. The van der Waals surface area contributed by atoms with Crippen molar-refractivity contribution in [2.45, 2.75) is 112 Å². The van der Waals surface area contributed by atoms with Crippen LogP contribution in [0.3, 0.4) is 0 Å². The fourth-order valence-corrected chi connectivity index (χ4v) is 10.8. The van der Waals surface area contributed by atoms with Crippen LogP contribution < -0.4 is 0 Å². The summed E-state index contributed by atoms with van der Waals surface area (Å²) in [5, 5.41) is 33.2. The fraction of sp³-hybridized carbons (Fsp3) is 0.867. The van der Waals surface area contributed by atoms with E-state index in [1.165, 1.54) is 5.57 Å². The normalized spacial score (nSPS) is 55.1. The third-order valence-electron chi connectivity index (χ3n) is 13.2. The maximum atomic E-state index is 13.1. The molecule has 0 aromatic carbocycles. The Morgan fingerprint density at radius 1 is 0.971 bits per heavy atom. The number of Topliss-reactive ketones (excluding diaryl/α,β-unsaturated/α-hetero) is 1. The molecule has 3 N–H and O–H groups in total. The Kier molecular flexibility index (Phi) is 5.25. The summed E-state index contributed by atoms with van der Waals surface area (Å²) in [6, 6.07) is 0. The van der Waals surface area contributed by atoms with Gasteiger partial charge in [0.05, 0.1) is 11.0 Å². The number of allylic oxidation sites excluding steroid dienone is 1. The predicted octanol–water partition coefficient (Wildman–Crippen LogP) is 5.38. The highest BCUT2D eigenvalue weighted by molar-refractivity contribution is 5.85. The molecule has 0 spiro atoms. The van der Waals surface area contributed by atoms with Gasteiger partial charge in [0.15, 0.2) is 5.78 Å². The number of aliphatic hydroxyl groups excluding tert-OH is 1. The number of carboxylic acids is 1. The third-order valence-corrected chi connectivity index (χ3v) is 13.2. The lowest BCUT2D eigenvalue weighted by atomic mass is 9.33. The number of hydrogen-bond acceptors (Lipinski definition) is 4. The zero-order valence-corrected chi connectivity index (χ0v) is 22.8. The van der Waals surface area contributed by atoms with Crippen LogP contribution in [0.4, 0.5) is 0 Å². The highest BCUT2D eigenvalue weighted by Gasteiger charge is 2.71. The molecule has 35 heavy (non-hydrogen) atoms. The van der Waals surface area contributed by atoms with Gasteiger partial charge in [0.1, 0.15) is 6.10 Å². The van der Waals surface area contributed by atoms with Crippen LogP contribution in [-0.2, 0) is 9.59 Å². The van der Waals surface area contributed by atoms with Crippen LogP contribution in [0.2, 0.25) is 0 Å². The van der Waals surface area contributed by atoms with Crippen molar-refractivity contribution in [3.05, 3.63) is 11.6 Å². The van der Waals surface area contributed by atoms with Gasteiger partial charge in [0, 0.05) is 17.8 Å². The van der Waals surface area contributed by atoms with E-state index in [1.807, 2.05) is 6.92 Å². The molecule has 0 aromatic heterocycles. The van der Waals surface area contributed by atoms with E-state index in [2.05, 4.69) is 47.6 Å². The Balaban J connectivity index is 1.65. The number of aliphatic carboxylic acids is 1. The van der Waals surface area contributed by atoms with Gasteiger partial charge in [-0.15, -0.1) is 0 Å². The summed E-state index contributed by atoms with van der Waals surface area (Å²) in [4.78, 5) is 25.9. The van der Waals surface area contributed by atoms with Crippen LogP contribution in [0, 0.1) is 50.7 Å². The van der Waals surface area contributed by atoms with E-state index in [0.717, 1.165) is 32.1 Å². The first-order valence-electron chi connectivity index (χ1n) is 13.9. The van der Waals surface area contributed by atoms with Crippen molar-refractivity contribution < 1.29 is 24.9 Å². The summed E-state index contributed by atoms with van der Waals surface area (Å²) in [5.74, 6) is -0.588. The lowest BCUT2D eigenvalue weighted by Gasteiger charge is -2.71. The second-order valence-electron chi connectivity index (χ2n) is 14.7. The molecule has 0 aliphatic heterocycles. The van der Waals surface area contributed by atoms with Crippen molar-refractivity contribution >= 4 is 11.8 Å². The monoisotopic (exact) mass is 486 g/mol. The van der Waals surface area contributed by atoms with E-state index in [1.54, 1.807) is 0 Å². The first-order chi connectivity index (χ1) is 16.0. The Morgan fingerprint density at radius 2 is 1.63 bits per heavy atom. The molecule has 196 valence electrons. The summed E-state index contributed by atoms with van der Waals surface area (Å²) in [7, 11) is 0. The Labute approximate surface area is 210 Å². The van der Waals surface area contributed by atoms with E-state index < -0.39 is 28.5 Å². The van der Waals surface area contributed by atoms with Crippen molar-refractivity contribution in [1.29, 1.82) is 0 Å². The number of aliphatic hydroxyl groups is 2. The number of ketones is 1. The molecule has 4 fully saturated rings. The molecule has 4 saturated carbocycles. The Morgan fingerprint density at radius 3 is 2.26 bits per heavy atom. The number of carbonyl (C=O) groups is 2. The average Bonchev–Trinajstić information content (AvgIpc) is 2.75. The van der Waals surface area contributed by atoms with Crippen molar-refractivity contribution in [3.8, 4) is 0 Å². The summed E-state index contributed by atoms with van der Waals surface area (Å²) in [5.41, 5.74) is -1.78. The number of fused-ring (bicyclic) bond motifs is 7. The first kappa shape index (κ1) is 25.4. The maximum absolute atomic E-state index is 13.1. The van der Waals surface area contributed by atoms with Crippen LogP contribution in [0.15, 0.2) is 11.6 Å². The highest BCUT2D eigenvalue weighted by atomic mass is 16.4. The van der Waals surface area contributed by atoms with Crippen molar-refractivity contribution in [3.63, 3.8) is 0 Å². The quantitative estimate of drug-likeness (QED) is 0.432. The van der Waals surface area contributed by atoms with E-state index >= 15 is 0 Å². The van der Waals surface area contributed by atoms with Crippen LogP contribution in [0.5, 0.6) is 0 Å². The molecule has 5 rings (SSSR count). The molecule has 0 amide bonds. The number of hydrogen-bond donors (Lipinski definition) is 3. The number of carboxylic acid groups (broad SMARTS) is 1. The lowest BCUT2D eigenvalue weighted by Crippen LogP contribution is -2.68. The van der Waals surface area contributed by atoms with Crippen LogP contribution in [-0.4, -0.2) is 38.8 Å². The molecule has 0 unspecified atom stereocenters. The Bertz CT molecular complexity index is 995. The van der Waals surface area contributed by atoms with E-state index in [-0.39, 0.29) is 45.7 Å². The first-order valence-corrected chi connectivity index (χ1v) is 13.9. The standard InChI is InChI=1S/C30H46O5/c1-17-10-13-30(24(33)34)15-14-27(5)18(22(30)29(17,7)35)8-9-21-26(4)16-19(31)23(32)25(2,3)20(26)11-12-28(21,27)6/h8,17,20-23,32,35H,9-16H2,1-7H3,(H,33,34)/t17-,20+,21+,22-,23+,26+,27-,28+,29+,30-/m1/s1. The largest absolute Gasteiger partial charge is 0.481 e. The second-order valence-corrected chi connectivity index (χ2v) is 14.7. The zero-order chi connectivity index (χ0) is 26.0.